The first kappa shape index (κ1) is 12.8. The van der Waals surface area contributed by atoms with E-state index in [1.165, 1.54) is 11.3 Å². The summed E-state index contributed by atoms with van der Waals surface area (Å²) in [5.74, 6) is 0.813. The molecule has 108 valence electrons. The molecule has 0 spiro atoms. The number of furan rings is 1. The van der Waals surface area contributed by atoms with E-state index in [1.54, 1.807) is 6.26 Å². The lowest BCUT2D eigenvalue weighted by Gasteiger charge is -2.30. The topological polar surface area (TPSA) is 69.1 Å². The third kappa shape index (κ3) is 1.80. The summed E-state index contributed by atoms with van der Waals surface area (Å²) in [5, 5.41) is 0.555. The van der Waals surface area contributed by atoms with Crippen molar-refractivity contribution in [1.82, 2.24) is 4.98 Å². The number of allylic oxidation sites excluding steroid dienone is 2. The molecule has 0 amide bonds. The Bertz CT molecular complexity index is 768. The molecule has 2 heterocycles. The van der Waals surface area contributed by atoms with Crippen molar-refractivity contribution in [1.29, 1.82) is 0 Å². The van der Waals surface area contributed by atoms with Crippen molar-refractivity contribution in [3.63, 3.8) is 0 Å². The van der Waals surface area contributed by atoms with Crippen molar-refractivity contribution in [2.45, 2.75) is 32.6 Å². The lowest BCUT2D eigenvalue weighted by atomic mass is 9.73. The highest BCUT2D eigenvalue weighted by Gasteiger charge is 2.45. The van der Waals surface area contributed by atoms with Crippen LogP contribution in [-0.2, 0) is 4.79 Å². The van der Waals surface area contributed by atoms with E-state index >= 15 is 0 Å². The van der Waals surface area contributed by atoms with Crippen LogP contribution >= 0.6 is 11.3 Å². The van der Waals surface area contributed by atoms with Crippen molar-refractivity contribution in [2.75, 3.05) is 5.73 Å². The van der Waals surface area contributed by atoms with Crippen molar-refractivity contribution < 1.29 is 9.21 Å². The van der Waals surface area contributed by atoms with E-state index in [-0.39, 0.29) is 17.1 Å². The molecule has 1 atom stereocenters. The quantitative estimate of drug-likeness (QED) is 0.873. The number of nitrogens with two attached hydrogens (primary N) is 1. The first-order chi connectivity index (χ1) is 9.96. The van der Waals surface area contributed by atoms with Gasteiger partial charge in [-0.15, -0.1) is 0 Å². The van der Waals surface area contributed by atoms with Crippen LogP contribution in [-0.4, -0.2) is 10.8 Å². The molecule has 0 aromatic carbocycles. The van der Waals surface area contributed by atoms with Crippen LogP contribution in [0, 0.1) is 5.41 Å². The zero-order chi connectivity index (χ0) is 14.8. The van der Waals surface area contributed by atoms with Gasteiger partial charge in [0.05, 0.1) is 22.8 Å². The molecule has 0 saturated heterocycles. The van der Waals surface area contributed by atoms with E-state index in [4.69, 9.17) is 10.2 Å². The molecule has 2 N–H and O–H groups in total. The number of nitrogen functional groups attached to an aromatic ring is 1. The Morgan fingerprint density at radius 1 is 1.43 bits per heavy atom. The van der Waals surface area contributed by atoms with Crippen LogP contribution in [0.5, 0.6) is 0 Å². The molecule has 2 aromatic heterocycles. The Morgan fingerprint density at radius 3 is 2.95 bits per heavy atom. The number of ketones is 1. The smallest absolute Gasteiger partial charge is 0.180 e. The van der Waals surface area contributed by atoms with Crippen molar-refractivity contribution in [3.05, 3.63) is 40.3 Å². The number of anilines is 1. The van der Waals surface area contributed by atoms with Gasteiger partial charge in [0.25, 0.3) is 0 Å². The Kier molecular flexibility index (Phi) is 2.49. The standard InChI is InChI=1S/C16H16N2O2S/c1-16(2)6-8-11(9(19)7-16)12(10-4-3-5-20-10)13-14(8)21-15(17)18-13/h3-5,12H,6-7H2,1-2H3,(H2,17,18)/t12-/m1/s1. The molecule has 0 radical (unpaired) electrons. The van der Waals surface area contributed by atoms with Gasteiger partial charge in [0.2, 0.25) is 0 Å². The summed E-state index contributed by atoms with van der Waals surface area (Å²) in [5.41, 5.74) is 8.78. The summed E-state index contributed by atoms with van der Waals surface area (Å²) in [6.45, 7) is 4.28. The third-order valence-corrected chi connectivity index (χ3v) is 5.21. The van der Waals surface area contributed by atoms with Crippen molar-refractivity contribution in [3.8, 4) is 0 Å². The fourth-order valence-electron chi connectivity index (χ4n) is 3.50. The van der Waals surface area contributed by atoms with Gasteiger partial charge in [-0.25, -0.2) is 4.98 Å². The summed E-state index contributed by atoms with van der Waals surface area (Å²) < 4.78 is 5.57. The second-order valence-corrected chi connectivity index (χ2v) is 7.58. The van der Waals surface area contributed by atoms with Gasteiger partial charge in [0.1, 0.15) is 5.76 Å². The first-order valence-electron chi connectivity index (χ1n) is 7.02. The summed E-state index contributed by atoms with van der Waals surface area (Å²) in [6, 6.07) is 3.76. The maximum Gasteiger partial charge on any atom is 0.180 e. The van der Waals surface area contributed by atoms with Crippen molar-refractivity contribution in [2.24, 2.45) is 5.41 Å². The summed E-state index contributed by atoms with van der Waals surface area (Å²) in [6.07, 6.45) is 3.11. The SMILES string of the molecule is CC1(C)CC(=O)C2=C(C1)c1sc(N)nc1[C@@H]2c1ccco1. The number of carbonyl (C=O) groups excluding carboxylic acids is 1. The molecule has 2 aromatic rings. The Balaban J connectivity index is 1.95. The minimum Gasteiger partial charge on any atom is -0.468 e. The average Bonchev–Trinajstić information content (AvgIpc) is 3.04. The van der Waals surface area contributed by atoms with Crippen LogP contribution in [0.1, 0.15) is 48.9 Å². The first-order valence-corrected chi connectivity index (χ1v) is 7.84. The Morgan fingerprint density at radius 2 is 2.24 bits per heavy atom. The van der Waals surface area contributed by atoms with Crippen LogP contribution in [0.2, 0.25) is 0 Å². The normalized spacial score (nSPS) is 23.3. The number of Topliss-reactive ketones (excluding diaryl/α,β-unsaturated/α-hetero) is 1. The second-order valence-electron chi connectivity index (χ2n) is 6.55. The molecule has 2 aliphatic carbocycles. The highest BCUT2D eigenvalue weighted by Crippen LogP contribution is 2.55. The van der Waals surface area contributed by atoms with Gasteiger partial charge in [-0.1, -0.05) is 25.2 Å². The Hall–Kier alpha value is -1.88. The molecule has 4 nitrogen and oxygen atoms in total. The van der Waals surface area contributed by atoms with Crippen LogP contribution in [0.3, 0.4) is 0 Å². The molecule has 4 rings (SSSR count). The van der Waals surface area contributed by atoms with E-state index in [2.05, 4.69) is 18.8 Å². The molecule has 5 heteroatoms. The average molecular weight is 300 g/mol. The zero-order valence-electron chi connectivity index (χ0n) is 12.0. The van der Waals surface area contributed by atoms with Gasteiger partial charge < -0.3 is 10.2 Å². The molecule has 2 aliphatic rings. The maximum atomic E-state index is 12.7. The fraction of sp³-hybridized carbons (Fsp3) is 0.375. The summed E-state index contributed by atoms with van der Waals surface area (Å²) >= 11 is 1.48. The summed E-state index contributed by atoms with van der Waals surface area (Å²) in [4.78, 5) is 18.2. The third-order valence-electron chi connectivity index (χ3n) is 4.25. The zero-order valence-corrected chi connectivity index (χ0v) is 12.8. The molecule has 0 bridgehead atoms. The van der Waals surface area contributed by atoms with Gasteiger partial charge in [-0.05, 0) is 29.5 Å². The predicted molar refractivity (Wildman–Crippen MR) is 82.0 cm³/mol. The number of carbonyl (C=O) groups is 1. The minimum atomic E-state index is -0.179. The molecular weight excluding hydrogens is 284 g/mol. The van der Waals surface area contributed by atoms with Gasteiger partial charge in [-0.3, -0.25) is 4.79 Å². The lowest BCUT2D eigenvalue weighted by Crippen LogP contribution is -2.25. The molecule has 0 aliphatic heterocycles. The molecule has 0 fully saturated rings. The predicted octanol–water partition coefficient (Wildman–Crippen LogP) is 3.61. The lowest BCUT2D eigenvalue weighted by molar-refractivity contribution is -0.118. The molecule has 0 unspecified atom stereocenters. The highest BCUT2D eigenvalue weighted by atomic mass is 32.1. The van der Waals surface area contributed by atoms with Gasteiger partial charge in [0, 0.05) is 12.0 Å². The second kappa shape index (κ2) is 4.07. The van der Waals surface area contributed by atoms with Crippen LogP contribution in [0.4, 0.5) is 5.13 Å². The van der Waals surface area contributed by atoms with Crippen LogP contribution < -0.4 is 5.73 Å². The number of nitrogens with zero attached hydrogens (tertiary/aromatic N) is 1. The number of aromatic nitrogens is 1. The van der Waals surface area contributed by atoms with E-state index in [0.717, 1.165) is 33.9 Å². The molecular formula is C16H16N2O2S. The summed E-state index contributed by atoms with van der Waals surface area (Å²) in [7, 11) is 0. The highest BCUT2D eigenvalue weighted by molar-refractivity contribution is 7.16. The van der Waals surface area contributed by atoms with E-state index < -0.39 is 0 Å². The van der Waals surface area contributed by atoms with Gasteiger partial charge >= 0.3 is 0 Å². The number of hydrogen-bond acceptors (Lipinski definition) is 5. The number of thiazole rings is 1. The largest absolute Gasteiger partial charge is 0.468 e. The van der Waals surface area contributed by atoms with Gasteiger partial charge in [-0.2, -0.15) is 0 Å². The van der Waals surface area contributed by atoms with Crippen LogP contribution in [0.15, 0.2) is 28.4 Å². The molecule has 21 heavy (non-hydrogen) atoms. The molecule has 0 saturated carbocycles. The Labute approximate surface area is 126 Å². The van der Waals surface area contributed by atoms with E-state index in [0.29, 0.717) is 11.6 Å². The van der Waals surface area contributed by atoms with Crippen molar-refractivity contribution >= 4 is 27.8 Å². The minimum absolute atomic E-state index is 0.00993. The number of rotatable bonds is 1. The maximum absolute atomic E-state index is 12.7. The van der Waals surface area contributed by atoms with Crippen LogP contribution in [0.25, 0.3) is 5.57 Å². The fourth-order valence-corrected chi connectivity index (χ4v) is 4.43. The number of fused-ring (bicyclic) bond motifs is 2. The van der Waals surface area contributed by atoms with E-state index in [9.17, 15) is 4.79 Å². The van der Waals surface area contributed by atoms with Gasteiger partial charge in [0.15, 0.2) is 10.9 Å². The van der Waals surface area contributed by atoms with E-state index in [1.807, 2.05) is 12.1 Å². The number of hydrogen-bond donors (Lipinski definition) is 1. The monoisotopic (exact) mass is 300 g/mol.